The van der Waals surface area contributed by atoms with Gasteiger partial charge in [0.1, 0.15) is 5.82 Å². The van der Waals surface area contributed by atoms with E-state index < -0.39 is 11.7 Å². The lowest BCUT2D eigenvalue weighted by molar-refractivity contribution is -0.120. The molecule has 4 amide bonds. The van der Waals surface area contributed by atoms with Crippen molar-refractivity contribution in [3.05, 3.63) is 101 Å². The molecular formula is C48H56FN11O4. The molecule has 5 aromatic rings. The van der Waals surface area contributed by atoms with Crippen molar-refractivity contribution in [3.63, 3.8) is 0 Å². The number of piperidine rings is 1. The van der Waals surface area contributed by atoms with Gasteiger partial charge in [-0.25, -0.2) is 14.2 Å². The molecule has 2 aromatic carbocycles. The number of H-pyrrole nitrogens is 1. The molecule has 0 bridgehead atoms. The third-order valence-electron chi connectivity index (χ3n) is 13.1. The Labute approximate surface area is 372 Å². The van der Waals surface area contributed by atoms with E-state index in [4.69, 9.17) is 4.52 Å². The standard InChI is InChI=1S/C48H56FN11O4/c1-30-29-57(19-15-31-16-20-58(21-17-31)36-11-13-38(14-12-36)60-22-18-41(61)52-47(60)63)23-24-59(30)37-9-7-32(8-10-37)35-25-39-42(54-55-43(39)50-28-35)33-5-6-34(40(49)26-33)27-51-44(62)45-53-46(56-64-45)48(2,3)4/h5-7,9,11-14,25-26,28,30-31H,8,10,15-24,27,29H2,1-4H3,(H,51,62)(H,50,54,55)(H,52,61,63). The number of benzene rings is 2. The Hall–Kier alpha value is -6.42. The Morgan fingerprint density at radius 3 is 2.44 bits per heavy atom. The van der Waals surface area contributed by atoms with E-state index in [0.717, 1.165) is 74.7 Å². The van der Waals surface area contributed by atoms with Gasteiger partial charge in [-0.2, -0.15) is 10.1 Å². The van der Waals surface area contributed by atoms with Gasteiger partial charge in [0.25, 0.3) is 0 Å². The largest absolute Gasteiger partial charge is 0.372 e. The maximum atomic E-state index is 15.4. The van der Waals surface area contributed by atoms with E-state index in [0.29, 0.717) is 47.3 Å². The first-order valence-electron chi connectivity index (χ1n) is 22.5. The van der Waals surface area contributed by atoms with Gasteiger partial charge in [0.15, 0.2) is 11.5 Å². The zero-order chi connectivity index (χ0) is 44.5. The molecule has 3 N–H and O–H groups in total. The summed E-state index contributed by atoms with van der Waals surface area (Å²) in [5.74, 6) is -0.263. The molecule has 3 aromatic heterocycles. The fourth-order valence-electron chi connectivity index (χ4n) is 9.28. The molecule has 15 nitrogen and oxygen atoms in total. The third-order valence-corrected chi connectivity index (χ3v) is 13.1. The van der Waals surface area contributed by atoms with Crippen LogP contribution in [0.1, 0.15) is 93.9 Å². The molecule has 1 unspecified atom stereocenters. The first-order chi connectivity index (χ1) is 30.9. The second-order valence-corrected chi connectivity index (χ2v) is 18.5. The van der Waals surface area contributed by atoms with E-state index in [1.54, 1.807) is 11.0 Å². The summed E-state index contributed by atoms with van der Waals surface area (Å²) >= 11 is 0. The number of carbonyl (C=O) groups is 3. The summed E-state index contributed by atoms with van der Waals surface area (Å²) in [5, 5.41) is 17.2. The summed E-state index contributed by atoms with van der Waals surface area (Å²) in [6.07, 6.45) is 12.1. The first-order valence-corrected chi connectivity index (χ1v) is 22.5. The summed E-state index contributed by atoms with van der Waals surface area (Å²) < 4.78 is 20.5. The summed E-state index contributed by atoms with van der Waals surface area (Å²) in [7, 11) is 0. The molecule has 64 heavy (non-hydrogen) atoms. The number of halogens is 1. The highest BCUT2D eigenvalue weighted by molar-refractivity contribution is 6.05. The molecule has 1 aliphatic carbocycles. The van der Waals surface area contributed by atoms with Crippen LogP contribution in [0.2, 0.25) is 0 Å². The van der Waals surface area contributed by atoms with Gasteiger partial charge in [-0.05, 0) is 105 Å². The number of piperazine rings is 1. The molecule has 334 valence electrons. The maximum Gasteiger partial charge on any atom is 0.328 e. The van der Waals surface area contributed by atoms with Gasteiger partial charge in [-0.15, -0.1) is 0 Å². The van der Waals surface area contributed by atoms with Crippen LogP contribution in [-0.2, 0) is 16.8 Å². The van der Waals surface area contributed by atoms with Crippen LogP contribution in [0.5, 0.6) is 0 Å². The number of rotatable bonds is 11. The van der Waals surface area contributed by atoms with E-state index in [1.807, 2.05) is 45.2 Å². The molecule has 4 aliphatic rings. The van der Waals surface area contributed by atoms with Gasteiger partial charge in [0, 0.05) is 103 Å². The number of urea groups is 1. The minimum absolute atomic E-state index is 0.0398. The number of hydrogen-bond donors (Lipinski definition) is 3. The number of fused-ring (bicyclic) bond motifs is 1. The summed E-state index contributed by atoms with van der Waals surface area (Å²) in [5.41, 5.74) is 7.42. The predicted molar refractivity (Wildman–Crippen MR) is 243 cm³/mol. The number of pyridine rings is 1. The lowest BCUT2D eigenvalue weighted by Gasteiger charge is -2.43. The Morgan fingerprint density at radius 2 is 1.73 bits per heavy atom. The number of imide groups is 1. The normalized spacial score (nSPS) is 19.2. The van der Waals surface area contributed by atoms with E-state index in [9.17, 15) is 14.4 Å². The molecule has 1 atom stereocenters. The van der Waals surface area contributed by atoms with Gasteiger partial charge in [0.2, 0.25) is 5.91 Å². The van der Waals surface area contributed by atoms with Crippen LogP contribution in [0.15, 0.2) is 77.1 Å². The minimum Gasteiger partial charge on any atom is -0.372 e. The fourth-order valence-corrected chi connectivity index (χ4v) is 9.28. The Bertz CT molecular complexity index is 2600. The number of carbonyl (C=O) groups excluding carboxylic acids is 3. The van der Waals surface area contributed by atoms with E-state index in [2.05, 4.69) is 87.9 Å². The number of hydrogen-bond acceptors (Lipinski definition) is 11. The quantitative estimate of drug-likeness (QED) is 0.123. The molecule has 16 heteroatoms. The average molecular weight is 870 g/mol. The summed E-state index contributed by atoms with van der Waals surface area (Å²) in [4.78, 5) is 54.5. The first kappa shape index (κ1) is 42.9. The van der Waals surface area contributed by atoms with Crippen molar-refractivity contribution in [2.45, 2.75) is 84.2 Å². The molecular weight excluding hydrogens is 814 g/mol. The second-order valence-electron chi connectivity index (χ2n) is 18.5. The number of allylic oxidation sites excluding steroid dienone is 4. The van der Waals surface area contributed by atoms with Crippen molar-refractivity contribution in [2.24, 2.45) is 5.92 Å². The number of nitrogens with zero attached hydrogens (tertiary/aromatic N) is 8. The third kappa shape index (κ3) is 9.28. The van der Waals surface area contributed by atoms with Crippen LogP contribution < -0.4 is 20.4 Å². The van der Waals surface area contributed by atoms with Gasteiger partial charge < -0.3 is 19.6 Å². The predicted octanol–water partition coefficient (Wildman–Crippen LogP) is 7.19. The van der Waals surface area contributed by atoms with E-state index >= 15 is 4.39 Å². The molecule has 9 rings (SSSR count). The van der Waals surface area contributed by atoms with Crippen LogP contribution in [-0.4, -0.2) is 105 Å². The second kappa shape index (κ2) is 18.0. The number of amides is 4. The summed E-state index contributed by atoms with van der Waals surface area (Å²) in [6, 6.07) is 15.2. The van der Waals surface area contributed by atoms with Crippen molar-refractivity contribution >= 4 is 45.8 Å². The highest BCUT2D eigenvalue weighted by atomic mass is 19.1. The molecule has 0 saturated carbocycles. The molecule has 6 heterocycles. The van der Waals surface area contributed by atoms with Gasteiger partial charge >= 0.3 is 17.8 Å². The molecule has 3 fully saturated rings. The maximum absolute atomic E-state index is 15.4. The zero-order valence-electron chi connectivity index (χ0n) is 37.0. The van der Waals surface area contributed by atoms with Crippen LogP contribution in [0, 0.1) is 11.7 Å². The van der Waals surface area contributed by atoms with Gasteiger partial charge in [0.05, 0.1) is 5.69 Å². The highest BCUT2D eigenvalue weighted by Crippen LogP contribution is 2.34. The van der Waals surface area contributed by atoms with Crippen molar-refractivity contribution < 1.29 is 23.3 Å². The molecule has 0 spiro atoms. The van der Waals surface area contributed by atoms with Crippen molar-refractivity contribution in [2.75, 3.05) is 55.6 Å². The molecule has 3 aliphatic heterocycles. The van der Waals surface area contributed by atoms with E-state index in [-0.39, 0.29) is 29.8 Å². The number of nitrogens with one attached hydrogen (secondary N) is 3. The van der Waals surface area contributed by atoms with Crippen molar-refractivity contribution in [1.29, 1.82) is 0 Å². The topological polar surface area (TPSA) is 169 Å². The van der Waals surface area contributed by atoms with Crippen LogP contribution in [0.3, 0.4) is 0 Å². The van der Waals surface area contributed by atoms with Crippen molar-refractivity contribution in [3.8, 4) is 11.3 Å². The van der Waals surface area contributed by atoms with Gasteiger partial charge in [-0.1, -0.05) is 44.1 Å². The SMILES string of the molecule is CC1CN(CCC2CCN(c3ccc(N4CCC(=O)NC4=O)cc3)CC2)CCN1C1=CC=C(c2cnc3n[nH]c(-c4ccc(CNC(=O)c5nc(C(C)(C)C)no5)c(F)c4)c3c2)CC1. The van der Waals surface area contributed by atoms with Crippen LogP contribution in [0.25, 0.3) is 27.9 Å². The minimum atomic E-state index is -0.563. The lowest BCUT2D eigenvalue weighted by Crippen LogP contribution is -2.51. The molecule has 3 saturated heterocycles. The Balaban J connectivity index is 0.752. The lowest BCUT2D eigenvalue weighted by atomic mass is 9.92. The Kier molecular flexibility index (Phi) is 12.0. The number of anilines is 2. The Morgan fingerprint density at radius 1 is 0.938 bits per heavy atom. The van der Waals surface area contributed by atoms with Crippen LogP contribution in [0.4, 0.5) is 20.6 Å². The zero-order valence-corrected chi connectivity index (χ0v) is 37.0. The fraction of sp³-hybridized carbons (Fsp3) is 0.438. The van der Waals surface area contributed by atoms with Gasteiger partial charge in [-0.3, -0.25) is 29.8 Å². The van der Waals surface area contributed by atoms with E-state index in [1.165, 1.54) is 42.3 Å². The number of aromatic nitrogens is 5. The smallest absolute Gasteiger partial charge is 0.328 e. The van der Waals surface area contributed by atoms with Crippen LogP contribution >= 0.6 is 0 Å². The average Bonchev–Trinajstić information content (AvgIpc) is 3.97. The van der Waals surface area contributed by atoms with Crippen molar-refractivity contribution in [1.82, 2.24) is 45.8 Å². The monoisotopic (exact) mass is 869 g/mol. The number of aromatic amines is 1. The molecule has 0 radical (unpaired) electrons. The summed E-state index contributed by atoms with van der Waals surface area (Å²) in [6.45, 7) is 14.8. The highest BCUT2D eigenvalue weighted by Gasteiger charge is 2.29.